The minimum Gasteiger partial charge on any atom is -0.493 e. The highest BCUT2D eigenvalue weighted by Crippen LogP contribution is 2.56. The maximum Gasteiger partial charge on any atom is 0.336 e. The van der Waals surface area contributed by atoms with Crippen molar-refractivity contribution in [1.82, 2.24) is 15.0 Å². The lowest BCUT2D eigenvalue weighted by atomic mass is 9.65. The molecule has 0 N–H and O–H groups in total. The molecule has 8 rings (SSSR count). The summed E-state index contributed by atoms with van der Waals surface area (Å²) in [6.45, 7) is 0.396. The van der Waals surface area contributed by atoms with Crippen LogP contribution in [-0.4, -0.2) is 55.7 Å². The van der Waals surface area contributed by atoms with E-state index in [2.05, 4.69) is 10.3 Å². The fourth-order valence-corrected chi connectivity index (χ4v) is 6.96. The van der Waals surface area contributed by atoms with E-state index < -0.39 is 23.5 Å². The molecule has 3 aromatic carbocycles. The van der Waals surface area contributed by atoms with Crippen LogP contribution in [0.25, 0.3) is 11.0 Å². The van der Waals surface area contributed by atoms with Crippen LogP contribution in [0.5, 0.6) is 34.5 Å². The van der Waals surface area contributed by atoms with Gasteiger partial charge in [-0.15, -0.1) is 5.10 Å². The lowest BCUT2D eigenvalue weighted by Crippen LogP contribution is -2.37. The summed E-state index contributed by atoms with van der Waals surface area (Å²) in [5.74, 6) is 1.51. The molecule has 1 saturated heterocycles. The van der Waals surface area contributed by atoms with Crippen LogP contribution in [0.4, 0.5) is 0 Å². The van der Waals surface area contributed by atoms with Crippen LogP contribution in [0.3, 0.4) is 0 Å². The molecule has 2 aromatic heterocycles. The summed E-state index contributed by atoms with van der Waals surface area (Å²) < 4.78 is 47.2. The summed E-state index contributed by atoms with van der Waals surface area (Å²) >= 11 is 0. The van der Waals surface area contributed by atoms with Gasteiger partial charge in [0.25, 0.3) is 0 Å². The first-order chi connectivity index (χ1) is 22.9. The zero-order chi connectivity index (χ0) is 32.2. The fraction of sp³-hybridized carbons (Fsp3) is 0.294. The predicted molar refractivity (Wildman–Crippen MR) is 163 cm³/mol. The minimum absolute atomic E-state index is 0.0929. The van der Waals surface area contributed by atoms with Gasteiger partial charge in [0.15, 0.2) is 23.0 Å². The minimum atomic E-state index is -0.563. The van der Waals surface area contributed by atoms with E-state index in [0.717, 1.165) is 22.1 Å². The van der Waals surface area contributed by atoms with Crippen molar-refractivity contribution >= 4 is 16.9 Å². The molecule has 240 valence electrons. The van der Waals surface area contributed by atoms with Gasteiger partial charge in [-0.25, -0.2) is 9.48 Å². The first-order valence-corrected chi connectivity index (χ1v) is 14.9. The van der Waals surface area contributed by atoms with Crippen LogP contribution in [-0.2, 0) is 16.1 Å². The van der Waals surface area contributed by atoms with Gasteiger partial charge in [0.05, 0.1) is 46.1 Å². The second-order valence-corrected chi connectivity index (χ2v) is 11.5. The van der Waals surface area contributed by atoms with Crippen molar-refractivity contribution in [3.05, 3.63) is 93.6 Å². The topological polar surface area (TPSA) is 143 Å². The Morgan fingerprint density at radius 1 is 0.872 bits per heavy atom. The number of carbonyl (C=O) groups excluding carboxylic acids is 1. The molecular formula is C34H29N3O10. The van der Waals surface area contributed by atoms with Gasteiger partial charge in [-0.05, 0) is 59.2 Å². The number of esters is 1. The molecule has 0 bridgehead atoms. The average Bonchev–Trinajstić information content (AvgIpc) is 3.85. The smallest absolute Gasteiger partial charge is 0.336 e. The van der Waals surface area contributed by atoms with E-state index in [1.54, 1.807) is 50.4 Å². The Hall–Kier alpha value is -5.72. The normalized spacial score (nSPS) is 20.8. The summed E-state index contributed by atoms with van der Waals surface area (Å²) in [6, 6.07) is 15.5. The first-order valence-electron chi connectivity index (χ1n) is 14.9. The molecule has 4 heterocycles. The summed E-state index contributed by atoms with van der Waals surface area (Å²) in [6.07, 6.45) is 1.81. The number of fused-ring (bicyclic) bond motifs is 4. The Kier molecular flexibility index (Phi) is 6.89. The summed E-state index contributed by atoms with van der Waals surface area (Å²) in [5, 5.41) is 9.67. The number of aromatic nitrogens is 3. The van der Waals surface area contributed by atoms with Gasteiger partial charge >= 0.3 is 11.6 Å². The highest BCUT2D eigenvalue weighted by molar-refractivity contribution is 5.79. The van der Waals surface area contributed by atoms with Crippen LogP contribution < -0.4 is 34.0 Å². The molecule has 47 heavy (non-hydrogen) atoms. The van der Waals surface area contributed by atoms with E-state index in [0.29, 0.717) is 45.8 Å². The number of hydrogen-bond donors (Lipinski definition) is 0. The van der Waals surface area contributed by atoms with Gasteiger partial charge in [-0.1, -0.05) is 5.21 Å². The van der Waals surface area contributed by atoms with Crippen LogP contribution in [0.1, 0.15) is 34.3 Å². The lowest BCUT2D eigenvalue weighted by molar-refractivity contribution is -0.141. The van der Waals surface area contributed by atoms with Gasteiger partial charge in [0.2, 0.25) is 12.5 Å². The van der Waals surface area contributed by atoms with Gasteiger partial charge < -0.3 is 37.6 Å². The Labute approximate surface area is 267 Å². The molecule has 5 aromatic rings. The van der Waals surface area contributed by atoms with Crippen molar-refractivity contribution in [1.29, 1.82) is 0 Å². The molecule has 4 atom stereocenters. The highest BCUT2D eigenvalue weighted by Gasteiger charge is 2.53. The highest BCUT2D eigenvalue weighted by atomic mass is 16.7. The van der Waals surface area contributed by atoms with Crippen LogP contribution in [0, 0.1) is 11.8 Å². The number of ether oxygens (including phenoxy) is 7. The van der Waals surface area contributed by atoms with E-state index >= 15 is 0 Å². The molecule has 13 nitrogen and oxygen atoms in total. The van der Waals surface area contributed by atoms with Crippen molar-refractivity contribution in [3.8, 4) is 34.5 Å². The summed E-state index contributed by atoms with van der Waals surface area (Å²) in [7, 11) is 4.66. The predicted octanol–water partition coefficient (Wildman–Crippen LogP) is 4.24. The fourth-order valence-electron chi connectivity index (χ4n) is 6.96. The third-order valence-electron chi connectivity index (χ3n) is 9.02. The number of methoxy groups -OCH3 is 3. The Bertz CT molecular complexity index is 2060. The molecule has 0 radical (unpaired) electrons. The van der Waals surface area contributed by atoms with Gasteiger partial charge in [-0.2, -0.15) is 0 Å². The zero-order valence-electron chi connectivity index (χ0n) is 25.6. The number of hydrogen-bond acceptors (Lipinski definition) is 12. The van der Waals surface area contributed by atoms with Gasteiger partial charge in [-0.3, -0.25) is 4.79 Å². The number of benzene rings is 3. The molecule has 1 aliphatic carbocycles. The Morgan fingerprint density at radius 3 is 2.36 bits per heavy atom. The number of carbonyl (C=O) groups is 1. The van der Waals surface area contributed by atoms with Crippen LogP contribution >= 0.6 is 0 Å². The van der Waals surface area contributed by atoms with Crippen molar-refractivity contribution in [3.63, 3.8) is 0 Å². The second-order valence-electron chi connectivity index (χ2n) is 11.5. The van der Waals surface area contributed by atoms with Crippen LogP contribution in [0.15, 0.2) is 70.0 Å². The quantitative estimate of drug-likeness (QED) is 0.177. The number of rotatable bonds is 8. The maximum atomic E-state index is 13.6. The van der Waals surface area contributed by atoms with Crippen molar-refractivity contribution < 1.29 is 42.4 Å². The Balaban J connectivity index is 1.19. The molecule has 0 unspecified atom stereocenters. The molecule has 0 amide bonds. The monoisotopic (exact) mass is 639 g/mol. The Morgan fingerprint density at radius 2 is 1.62 bits per heavy atom. The molecule has 2 aliphatic heterocycles. The van der Waals surface area contributed by atoms with E-state index in [1.807, 2.05) is 30.3 Å². The number of nitrogens with zero attached hydrogens (tertiary/aromatic N) is 3. The van der Waals surface area contributed by atoms with Gasteiger partial charge in [0, 0.05) is 29.4 Å². The molecule has 13 heteroatoms. The third kappa shape index (κ3) is 4.77. The first kappa shape index (κ1) is 28.7. The molecule has 0 spiro atoms. The van der Waals surface area contributed by atoms with Crippen molar-refractivity contribution in [2.45, 2.75) is 18.6 Å². The zero-order valence-corrected chi connectivity index (χ0v) is 25.6. The average molecular weight is 640 g/mol. The summed E-state index contributed by atoms with van der Waals surface area (Å²) in [4.78, 5) is 25.2. The molecule has 3 aliphatic rings. The number of cyclic esters (lactones) is 1. The van der Waals surface area contributed by atoms with Crippen LogP contribution in [0.2, 0.25) is 0 Å². The van der Waals surface area contributed by atoms with Crippen molar-refractivity contribution in [2.24, 2.45) is 11.8 Å². The maximum absolute atomic E-state index is 13.6. The largest absolute Gasteiger partial charge is 0.493 e. The van der Waals surface area contributed by atoms with E-state index in [9.17, 15) is 9.59 Å². The van der Waals surface area contributed by atoms with Gasteiger partial charge in [0.1, 0.15) is 23.6 Å². The standard InChI is InChI=1S/C34H29N3O10/c1-40-27-8-18(9-28(41-2)33(27)42-3)30-21-11-25-26(46-16-45-25)12-22(21)32(23-15-44-34(39)31(23)30)37-13-19(35-36-37)14-43-20-6-4-17-5-7-29(38)47-24(17)10-20/h4-13,23,30-32H,14-16H2,1-3H3/t23-,30+,31-,32+/m0/s1. The molecule has 1 fully saturated rings. The van der Waals surface area contributed by atoms with E-state index in [1.165, 1.54) is 6.07 Å². The molecular weight excluding hydrogens is 610 g/mol. The van der Waals surface area contributed by atoms with E-state index in [-0.39, 0.29) is 31.9 Å². The van der Waals surface area contributed by atoms with Crippen molar-refractivity contribution in [2.75, 3.05) is 34.7 Å². The second kappa shape index (κ2) is 11.3. The lowest BCUT2D eigenvalue weighted by Gasteiger charge is -2.39. The third-order valence-corrected chi connectivity index (χ3v) is 9.02. The SMILES string of the molecule is COc1cc([C@@H]2c3cc4c(cc3[C@@H](n3cc(COc5ccc6ccc(=O)oc6c5)nn3)[C@H]3COC(=O)[C@H]23)OCO4)cc(OC)c1OC. The summed E-state index contributed by atoms with van der Waals surface area (Å²) in [5.41, 5.74) is 3.11. The van der Waals surface area contributed by atoms with E-state index in [4.69, 9.17) is 37.6 Å². The molecule has 0 saturated carbocycles.